The molecule has 2 rings (SSSR count). The molecule has 2 fully saturated rings. The molecular formula is C15H30N2. The molecule has 1 saturated carbocycles. The van der Waals surface area contributed by atoms with E-state index in [2.05, 4.69) is 37.9 Å². The van der Waals surface area contributed by atoms with Crippen molar-refractivity contribution in [2.24, 2.45) is 11.8 Å². The minimum atomic E-state index is 0.475. The third-order valence-electron chi connectivity index (χ3n) is 5.12. The van der Waals surface area contributed by atoms with E-state index >= 15 is 0 Å². The molecule has 0 amide bonds. The van der Waals surface area contributed by atoms with Crippen LogP contribution in [0.1, 0.15) is 53.4 Å². The van der Waals surface area contributed by atoms with Gasteiger partial charge in [-0.15, -0.1) is 0 Å². The molecule has 2 aliphatic rings. The summed E-state index contributed by atoms with van der Waals surface area (Å²) in [5, 5.41) is 3.84. The minimum Gasteiger partial charge on any atom is -0.308 e. The molecule has 0 aromatic rings. The lowest BCUT2D eigenvalue weighted by molar-refractivity contribution is 0.0698. The van der Waals surface area contributed by atoms with Crippen molar-refractivity contribution in [3.05, 3.63) is 0 Å². The topological polar surface area (TPSA) is 15.3 Å². The number of nitrogens with one attached hydrogen (secondary N) is 1. The second-order valence-electron chi connectivity index (χ2n) is 6.87. The summed E-state index contributed by atoms with van der Waals surface area (Å²) < 4.78 is 0. The van der Waals surface area contributed by atoms with Gasteiger partial charge in [0.2, 0.25) is 0 Å². The van der Waals surface area contributed by atoms with Gasteiger partial charge in [0.05, 0.1) is 0 Å². The molecule has 2 nitrogen and oxygen atoms in total. The van der Waals surface area contributed by atoms with E-state index in [1.54, 1.807) is 0 Å². The Hall–Kier alpha value is -0.0800. The quantitative estimate of drug-likeness (QED) is 0.813. The highest BCUT2D eigenvalue weighted by atomic mass is 15.3. The summed E-state index contributed by atoms with van der Waals surface area (Å²) in [5.41, 5.74) is 0.475. The maximum atomic E-state index is 3.84. The van der Waals surface area contributed by atoms with Crippen LogP contribution in [0.2, 0.25) is 0 Å². The van der Waals surface area contributed by atoms with E-state index in [1.807, 2.05) is 0 Å². The molecule has 1 saturated heterocycles. The summed E-state index contributed by atoms with van der Waals surface area (Å²) in [4.78, 5) is 2.74. The fourth-order valence-corrected chi connectivity index (χ4v) is 3.31. The molecule has 2 atom stereocenters. The Morgan fingerprint density at radius 3 is 2.47 bits per heavy atom. The first-order valence-electron chi connectivity index (χ1n) is 7.51. The van der Waals surface area contributed by atoms with Crippen LogP contribution in [-0.2, 0) is 0 Å². The highest BCUT2D eigenvalue weighted by molar-refractivity contribution is 5.00. The Bertz CT molecular complexity index is 243. The van der Waals surface area contributed by atoms with Gasteiger partial charge < -0.3 is 5.32 Å². The molecule has 17 heavy (non-hydrogen) atoms. The van der Waals surface area contributed by atoms with Crippen LogP contribution in [0.3, 0.4) is 0 Å². The Kier molecular flexibility index (Phi) is 4.14. The largest absolute Gasteiger partial charge is 0.308 e. The summed E-state index contributed by atoms with van der Waals surface area (Å²) in [6.45, 7) is 13.2. The molecule has 0 radical (unpaired) electrons. The summed E-state index contributed by atoms with van der Waals surface area (Å²) in [6, 6.07) is 0.711. The van der Waals surface area contributed by atoms with E-state index in [9.17, 15) is 0 Å². The van der Waals surface area contributed by atoms with Crippen LogP contribution >= 0.6 is 0 Å². The summed E-state index contributed by atoms with van der Waals surface area (Å²) in [6.07, 6.45) is 5.64. The molecule has 1 spiro atoms. The molecule has 1 aliphatic carbocycles. The molecule has 1 N–H and O–H groups in total. The second-order valence-corrected chi connectivity index (χ2v) is 6.87. The van der Waals surface area contributed by atoms with Crippen LogP contribution in [0.15, 0.2) is 0 Å². The molecule has 1 heterocycles. The van der Waals surface area contributed by atoms with Gasteiger partial charge in [-0.1, -0.05) is 33.6 Å². The van der Waals surface area contributed by atoms with Gasteiger partial charge in [0.15, 0.2) is 0 Å². The van der Waals surface area contributed by atoms with E-state index in [0.29, 0.717) is 11.6 Å². The van der Waals surface area contributed by atoms with Crippen LogP contribution < -0.4 is 5.32 Å². The van der Waals surface area contributed by atoms with Gasteiger partial charge in [0.1, 0.15) is 0 Å². The average Bonchev–Trinajstić information content (AvgIpc) is 2.72. The lowest BCUT2D eigenvalue weighted by Gasteiger charge is -2.46. The third kappa shape index (κ3) is 3.03. The summed E-state index contributed by atoms with van der Waals surface area (Å²) >= 11 is 0. The lowest BCUT2D eigenvalue weighted by Crippen LogP contribution is -2.63. The Balaban J connectivity index is 1.95. The minimum absolute atomic E-state index is 0.475. The lowest BCUT2D eigenvalue weighted by atomic mass is 9.90. The molecule has 0 aromatic carbocycles. The fourth-order valence-electron chi connectivity index (χ4n) is 3.31. The van der Waals surface area contributed by atoms with Crippen molar-refractivity contribution in [1.29, 1.82) is 0 Å². The van der Waals surface area contributed by atoms with Crippen molar-refractivity contribution in [1.82, 2.24) is 10.2 Å². The Labute approximate surface area is 107 Å². The smallest absolute Gasteiger partial charge is 0.0309 e. The molecule has 1 aliphatic heterocycles. The van der Waals surface area contributed by atoms with Crippen molar-refractivity contribution < 1.29 is 0 Å². The summed E-state index contributed by atoms with van der Waals surface area (Å²) in [5.74, 6) is 1.62. The van der Waals surface area contributed by atoms with Crippen LogP contribution in [0.25, 0.3) is 0 Å². The molecule has 2 unspecified atom stereocenters. The van der Waals surface area contributed by atoms with Crippen LogP contribution in [-0.4, -0.2) is 36.1 Å². The monoisotopic (exact) mass is 238 g/mol. The fraction of sp³-hybridized carbons (Fsp3) is 1.00. The number of piperazine rings is 1. The highest BCUT2D eigenvalue weighted by Crippen LogP contribution is 2.33. The van der Waals surface area contributed by atoms with Gasteiger partial charge >= 0.3 is 0 Å². The van der Waals surface area contributed by atoms with Gasteiger partial charge in [-0.2, -0.15) is 0 Å². The number of hydrogen-bond acceptors (Lipinski definition) is 2. The van der Waals surface area contributed by atoms with E-state index in [-0.39, 0.29) is 0 Å². The maximum Gasteiger partial charge on any atom is 0.0309 e. The standard InChI is InChI=1S/C15H30N2/c1-12(2)13(3)10-17-11-15(7-5-6-8-15)16-9-14(17)4/h12-14,16H,5-11H2,1-4H3. The average molecular weight is 238 g/mol. The van der Waals surface area contributed by atoms with Gasteiger partial charge in [0, 0.05) is 31.2 Å². The van der Waals surface area contributed by atoms with Crippen LogP contribution in [0.5, 0.6) is 0 Å². The first-order chi connectivity index (χ1) is 8.02. The molecule has 2 heteroatoms. The normalized spacial score (nSPS) is 31.2. The molecular weight excluding hydrogens is 208 g/mol. The van der Waals surface area contributed by atoms with E-state index in [1.165, 1.54) is 45.3 Å². The van der Waals surface area contributed by atoms with Crippen molar-refractivity contribution in [2.45, 2.75) is 65.0 Å². The van der Waals surface area contributed by atoms with Gasteiger partial charge in [-0.25, -0.2) is 0 Å². The first kappa shape index (κ1) is 13.4. The van der Waals surface area contributed by atoms with Crippen LogP contribution in [0, 0.1) is 11.8 Å². The van der Waals surface area contributed by atoms with E-state index in [4.69, 9.17) is 0 Å². The molecule has 0 aromatic heterocycles. The highest BCUT2D eigenvalue weighted by Gasteiger charge is 2.40. The summed E-state index contributed by atoms with van der Waals surface area (Å²) in [7, 11) is 0. The van der Waals surface area contributed by atoms with Crippen molar-refractivity contribution >= 4 is 0 Å². The molecule has 0 bridgehead atoms. The van der Waals surface area contributed by atoms with Gasteiger partial charge in [-0.05, 0) is 31.6 Å². The number of nitrogens with zero attached hydrogens (tertiary/aromatic N) is 1. The first-order valence-corrected chi connectivity index (χ1v) is 7.51. The second kappa shape index (κ2) is 5.27. The van der Waals surface area contributed by atoms with E-state index < -0.39 is 0 Å². The SMILES string of the molecule is CC(C)C(C)CN1CC2(CCCC2)NCC1C. The Morgan fingerprint density at radius 2 is 1.88 bits per heavy atom. The number of hydrogen-bond donors (Lipinski definition) is 1. The number of rotatable bonds is 3. The van der Waals surface area contributed by atoms with Crippen molar-refractivity contribution in [3.8, 4) is 0 Å². The zero-order valence-electron chi connectivity index (χ0n) is 12.1. The zero-order chi connectivity index (χ0) is 12.5. The van der Waals surface area contributed by atoms with Gasteiger partial charge in [0.25, 0.3) is 0 Å². The zero-order valence-corrected chi connectivity index (χ0v) is 12.1. The predicted octanol–water partition coefficient (Wildman–Crippen LogP) is 2.89. The van der Waals surface area contributed by atoms with Crippen molar-refractivity contribution in [3.63, 3.8) is 0 Å². The predicted molar refractivity (Wildman–Crippen MR) is 74.2 cm³/mol. The van der Waals surface area contributed by atoms with E-state index in [0.717, 1.165) is 11.8 Å². The Morgan fingerprint density at radius 1 is 1.24 bits per heavy atom. The van der Waals surface area contributed by atoms with Gasteiger partial charge in [-0.3, -0.25) is 4.90 Å². The van der Waals surface area contributed by atoms with Crippen LogP contribution in [0.4, 0.5) is 0 Å². The van der Waals surface area contributed by atoms with Crippen molar-refractivity contribution in [2.75, 3.05) is 19.6 Å². The maximum absolute atomic E-state index is 3.84. The third-order valence-corrected chi connectivity index (χ3v) is 5.12. The molecule has 100 valence electrons.